The van der Waals surface area contributed by atoms with E-state index in [1.807, 2.05) is 6.92 Å². The largest absolute Gasteiger partial charge is 0.479 e. The van der Waals surface area contributed by atoms with Crippen LogP contribution in [0.4, 0.5) is 0 Å². The molecule has 0 spiro atoms. The topological polar surface area (TPSA) is 96.2 Å². The second-order valence-corrected chi connectivity index (χ2v) is 4.85. The van der Waals surface area contributed by atoms with Crippen molar-refractivity contribution >= 4 is 11.9 Å². The molecule has 1 unspecified atom stereocenters. The zero-order chi connectivity index (χ0) is 14.6. The fourth-order valence-electron chi connectivity index (χ4n) is 1.71. The Morgan fingerprint density at radius 1 is 1.53 bits per heavy atom. The minimum Gasteiger partial charge on any atom is -0.479 e. The number of carboxylic acids is 1. The zero-order valence-electron chi connectivity index (χ0n) is 11.6. The Morgan fingerprint density at radius 2 is 2.16 bits per heavy atom. The van der Waals surface area contributed by atoms with Crippen molar-refractivity contribution in [3.63, 3.8) is 0 Å². The van der Waals surface area contributed by atoms with Crippen LogP contribution >= 0.6 is 0 Å². The highest BCUT2D eigenvalue weighted by atomic mass is 16.4. The van der Waals surface area contributed by atoms with Crippen molar-refractivity contribution < 1.29 is 14.7 Å². The molecule has 0 aliphatic rings. The summed E-state index contributed by atoms with van der Waals surface area (Å²) in [5.41, 5.74) is -0.388. The Balaban J connectivity index is 2.86. The summed E-state index contributed by atoms with van der Waals surface area (Å²) < 4.78 is 1.49. The third-order valence-corrected chi connectivity index (χ3v) is 2.77. The van der Waals surface area contributed by atoms with Gasteiger partial charge in [0.2, 0.25) is 5.91 Å². The van der Waals surface area contributed by atoms with Crippen LogP contribution in [0.2, 0.25) is 0 Å². The van der Waals surface area contributed by atoms with Gasteiger partial charge in [-0.2, -0.15) is 5.10 Å². The second-order valence-electron chi connectivity index (χ2n) is 4.85. The van der Waals surface area contributed by atoms with Crippen molar-refractivity contribution in [1.29, 1.82) is 0 Å². The monoisotopic (exact) mass is 268 g/mol. The van der Waals surface area contributed by atoms with Gasteiger partial charge < -0.3 is 15.7 Å². The Morgan fingerprint density at radius 3 is 2.58 bits per heavy atom. The molecule has 0 radical (unpaired) electrons. The Kier molecular flexibility index (Phi) is 4.66. The maximum absolute atomic E-state index is 12.1. The molecule has 1 aromatic heterocycles. The van der Waals surface area contributed by atoms with Crippen LogP contribution in [0.3, 0.4) is 0 Å². The summed E-state index contributed by atoms with van der Waals surface area (Å²) in [6, 6.07) is -1.10. The van der Waals surface area contributed by atoms with Gasteiger partial charge in [0.05, 0.1) is 11.7 Å². The number of likely N-dealkylation sites (N-methyl/N-ethyl adjacent to an activating group) is 1. The SMILES string of the molecule is CCNC(C)(C)C(=O)NC(C(=O)O)c1cnn(C)c1. The normalized spacial score (nSPS) is 13.1. The minimum absolute atomic E-state index is 0.370. The van der Waals surface area contributed by atoms with E-state index < -0.39 is 17.6 Å². The van der Waals surface area contributed by atoms with E-state index in [1.165, 1.54) is 10.9 Å². The third kappa shape index (κ3) is 3.78. The molecule has 0 aliphatic heterocycles. The second kappa shape index (κ2) is 5.83. The van der Waals surface area contributed by atoms with Gasteiger partial charge in [-0.05, 0) is 20.4 Å². The summed E-state index contributed by atoms with van der Waals surface area (Å²) in [6.07, 6.45) is 3.00. The average Bonchev–Trinajstić information content (AvgIpc) is 2.71. The van der Waals surface area contributed by atoms with Gasteiger partial charge in [-0.1, -0.05) is 6.92 Å². The van der Waals surface area contributed by atoms with E-state index in [4.69, 9.17) is 0 Å². The Bertz CT molecular complexity index is 467. The first-order chi connectivity index (χ1) is 8.77. The van der Waals surface area contributed by atoms with Gasteiger partial charge in [-0.15, -0.1) is 0 Å². The van der Waals surface area contributed by atoms with Crippen molar-refractivity contribution in [3.05, 3.63) is 18.0 Å². The quantitative estimate of drug-likeness (QED) is 0.677. The van der Waals surface area contributed by atoms with E-state index in [2.05, 4.69) is 15.7 Å². The number of aryl methyl sites for hydroxylation is 1. The molecule has 1 aromatic rings. The van der Waals surface area contributed by atoms with Gasteiger partial charge in [-0.3, -0.25) is 9.48 Å². The first-order valence-corrected chi connectivity index (χ1v) is 6.05. The Hall–Kier alpha value is -1.89. The zero-order valence-corrected chi connectivity index (χ0v) is 11.6. The molecule has 19 heavy (non-hydrogen) atoms. The highest BCUT2D eigenvalue weighted by Crippen LogP contribution is 2.14. The number of rotatable bonds is 6. The molecule has 1 amide bonds. The predicted molar refractivity (Wildman–Crippen MR) is 69.5 cm³/mol. The van der Waals surface area contributed by atoms with Crippen LogP contribution in [0, 0.1) is 0 Å². The van der Waals surface area contributed by atoms with Gasteiger partial charge in [0.25, 0.3) is 0 Å². The number of carboxylic acid groups (broad SMARTS) is 1. The van der Waals surface area contributed by atoms with E-state index in [0.29, 0.717) is 12.1 Å². The van der Waals surface area contributed by atoms with Gasteiger partial charge in [0.15, 0.2) is 6.04 Å². The molecule has 1 atom stereocenters. The molecular weight excluding hydrogens is 248 g/mol. The number of nitrogens with one attached hydrogen (secondary N) is 2. The summed E-state index contributed by atoms with van der Waals surface area (Å²) in [5.74, 6) is -1.49. The van der Waals surface area contributed by atoms with Gasteiger partial charge in [-0.25, -0.2) is 4.79 Å². The lowest BCUT2D eigenvalue weighted by Gasteiger charge is -2.26. The fourth-order valence-corrected chi connectivity index (χ4v) is 1.71. The van der Waals surface area contributed by atoms with Crippen LogP contribution in [-0.4, -0.2) is 38.8 Å². The predicted octanol–water partition coefficient (Wildman–Crippen LogP) is 0.0501. The number of aromatic nitrogens is 2. The molecule has 3 N–H and O–H groups in total. The number of hydrogen-bond acceptors (Lipinski definition) is 4. The van der Waals surface area contributed by atoms with Crippen LogP contribution in [0.5, 0.6) is 0 Å². The van der Waals surface area contributed by atoms with Crippen LogP contribution < -0.4 is 10.6 Å². The van der Waals surface area contributed by atoms with Gasteiger partial charge >= 0.3 is 5.97 Å². The van der Waals surface area contributed by atoms with Crippen LogP contribution in [0.15, 0.2) is 12.4 Å². The van der Waals surface area contributed by atoms with Crippen LogP contribution in [-0.2, 0) is 16.6 Å². The third-order valence-electron chi connectivity index (χ3n) is 2.77. The summed E-state index contributed by atoms with van der Waals surface area (Å²) >= 11 is 0. The molecule has 7 heteroatoms. The molecule has 0 fully saturated rings. The van der Waals surface area contributed by atoms with Crippen molar-refractivity contribution in [2.75, 3.05) is 6.54 Å². The molecule has 0 saturated carbocycles. The lowest BCUT2D eigenvalue weighted by molar-refractivity contribution is -0.143. The number of carbonyl (C=O) groups excluding carboxylic acids is 1. The summed E-state index contributed by atoms with van der Waals surface area (Å²) in [6.45, 7) is 5.90. The van der Waals surface area contributed by atoms with E-state index in [9.17, 15) is 14.7 Å². The van der Waals surface area contributed by atoms with Gasteiger partial charge in [0, 0.05) is 18.8 Å². The lowest BCUT2D eigenvalue weighted by atomic mass is 10.0. The fraction of sp³-hybridized carbons (Fsp3) is 0.583. The van der Waals surface area contributed by atoms with Crippen molar-refractivity contribution in [2.24, 2.45) is 7.05 Å². The van der Waals surface area contributed by atoms with Gasteiger partial charge in [0.1, 0.15) is 0 Å². The summed E-state index contributed by atoms with van der Waals surface area (Å²) in [5, 5.41) is 18.6. The average molecular weight is 268 g/mol. The Labute approximate surface area is 112 Å². The molecular formula is C12H20N4O3. The number of carbonyl (C=O) groups is 2. The van der Waals surface area contributed by atoms with Crippen LogP contribution in [0.25, 0.3) is 0 Å². The smallest absolute Gasteiger partial charge is 0.331 e. The highest BCUT2D eigenvalue weighted by Gasteiger charge is 2.31. The minimum atomic E-state index is -1.12. The maximum Gasteiger partial charge on any atom is 0.331 e. The van der Waals surface area contributed by atoms with E-state index >= 15 is 0 Å². The molecule has 0 aromatic carbocycles. The molecule has 7 nitrogen and oxygen atoms in total. The van der Waals surface area contributed by atoms with Crippen molar-refractivity contribution in [3.8, 4) is 0 Å². The molecule has 0 aliphatic carbocycles. The van der Waals surface area contributed by atoms with Crippen LogP contribution in [0.1, 0.15) is 32.4 Å². The van der Waals surface area contributed by atoms with Crippen molar-refractivity contribution in [2.45, 2.75) is 32.4 Å². The summed E-state index contributed by atoms with van der Waals surface area (Å²) in [4.78, 5) is 23.3. The number of hydrogen-bond donors (Lipinski definition) is 3. The summed E-state index contributed by atoms with van der Waals surface area (Å²) in [7, 11) is 1.69. The maximum atomic E-state index is 12.1. The molecule has 1 rings (SSSR count). The lowest BCUT2D eigenvalue weighted by Crippen LogP contribution is -2.54. The first kappa shape index (κ1) is 15.2. The molecule has 1 heterocycles. The van der Waals surface area contributed by atoms with E-state index in [0.717, 1.165) is 0 Å². The standard InChI is InChI=1S/C12H20N4O3/c1-5-13-12(2,3)11(19)15-9(10(17)18)8-6-14-16(4)7-8/h6-7,9,13H,5H2,1-4H3,(H,15,19)(H,17,18). The number of amides is 1. The number of nitrogens with zero attached hydrogens (tertiary/aromatic N) is 2. The van der Waals surface area contributed by atoms with E-state index in [1.54, 1.807) is 27.1 Å². The van der Waals surface area contributed by atoms with E-state index in [-0.39, 0.29) is 5.91 Å². The molecule has 0 bridgehead atoms. The first-order valence-electron chi connectivity index (χ1n) is 6.05. The molecule has 106 valence electrons. The van der Waals surface area contributed by atoms with Crippen molar-refractivity contribution in [1.82, 2.24) is 20.4 Å². The number of aliphatic carboxylic acids is 1. The molecule has 0 saturated heterocycles. The highest BCUT2D eigenvalue weighted by molar-refractivity contribution is 5.89.